The van der Waals surface area contributed by atoms with Gasteiger partial charge < -0.3 is 31.3 Å². The lowest BCUT2D eigenvalue weighted by molar-refractivity contribution is -0.158. The number of carbonyl (C=O) groups excluding carboxylic acids is 4. The highest BCUT2D eigenvalue weighted by Crippen LogP contribution is 2.53. The second-order valence-electron chi connectivity index (χ2n) is 10.0. The maximum Gasteiger partial charge on any atom is 0.255 e. The molecule has 0 aromatic heterocycles. The third-order valence-corrected chi connectivity index (χ3v) is 7.54. The second kappa shape index (κ2) is 7.76. The normalized spacial score (nSPS) is 28.6. The van der Waals surface area contributed by atoms with Crippen LogP contribution in [0.15, 0.2) is 29.0 Å². The van der Waals surface area contributed by atoms with Crippen molar-refractivity contribution in [2.75, 3.05) is 0 Å². The Morgan fingerprint density at radius 1 is 1.17 bits per heavy atom. The molecule has 1 aromatic carbocycles. The molecule has 0 aliphatic heterocycles. The zero-order chi connectivity index (χ0) is 26.2. The Hall–Kier alpha value is -3.50. The van der Waals surface area contributed by atoms with Gasteiger partial charge in [0, 0.05) is 23.5 Å². The number of amides is 1. The van der Waals surface area contributed by atoms with Gasteiger partial charge in [-0.15, -0.1) is 0 Å². The summed E-state index contributed by atoms with van der Waals surface area (Å²) in [5, 5.41) is 55.1. The lowest BCUT2D eigenvalue weighted by Gasteiger charge is -2.48. The number of ketones is 3. The summed E-state index contributed by atoms with van der Waals surface area (Å²) >= 11 is 0. The summed E-state index contributed by atoms with van der Waals surface area (Å²) in [6.45, 7) is 5.69. The van der Waals surface area contributed by atoms with Crippen molar-refractivity contribution in [3.63, 3.8) is 0 Å². The van der Waals surface area contributed by atoms with Crippen LogP contribution in [0.2, 0.25) is 0 Å². The molecule has 0 unspecified atom stereocenters. The fourth-order valence-electron chi connectivity index (χ4n) is 5.78. The van der Waals surface area contributed by atoms with E-state index in [2.05, 4.69) is 0 Å². The van der Waals surface area contributed by atoms with Crippen molar-refractivity contribution in [3.05, 3.63) is 45.7 Å². The number of carbonyl (C=O) groups is 4. The van der Waals surface area contributed by atoms with E-state index in [1.54, 1.807) is 6.07 Å². The molecule has 186 valence electrons. The van der Waals surface area contributed by atoms with Gasteiger partial charge in [-0.2, -0.15) is 0 Å². The predicted molar refractivity (Wildman–Crippen MR) is 121 cm³/mol. The molecule has 35 heavy (non-hydrogen) atoms. The van der Waals surface area contributed by atoms with Gasteiger partial charge in [0.15, 0.2) is 17.2 Å². The van der Waals surface area contributed by atoms with E-state index in [9.17, 15) is 44.7 Å². The van der Waals surface area contributed by atoms with Crippen LogP contribution in [-0.2, 0) is 19.8 Å². The van der Waals surface area contributed by atoms with Gasteiger partial charge in [0.2, 0.25) is 5.78 Å². The molecule has 1 aromatic rings. The average Bonchev–Trinajstić information content (AvgIpc) is 2.76. The third kappa shape index (κ3) is 3.09. The summed E-state index contributed by atoms with van der Waals surface area (Å²) < 4.78 is 0. The number of primary amides is 1. The van der Waals surface area contributed by atoms with Gasteiger partial charge in [-0.1, -0.05) is 39.3 Å². The van der Waals surface area contributed by atoms with Gasteiger partial charge in [-0.3, -0.25) is 19.2 Å². The number of hydrogen-bond acceptors (Lipinski definition) is 9. The molecule has 0 radical (unpaired) electrons. The minimum Gasteiger partial charge on any atom is -0.508 e. The number of benzene rings is 1. The Morgan fingerprint density at radius 2 is 1.80 bits per heavy atom. The molecule has 7 N–H and O–H groups in total. The summed E-state index contributed by atoms with van der Waals surface area (Å²) in [4.78, 5) is 51.1. The van der Waals surface area contributed by atoms with Crippen molar-refractivity contribution < 1.29 is 44.7 Å². The lowest BCUT2D eigenvalue weighted by atomic mass is 9.57. The van der Waals surface area contributed by atoms with E-state index >= 15 is 0 Å². The summed E-state index contributed by atoms with van der Waals surface area (Å²) in [6, 6.07) is 2.94. The van der Waals surface area contributed by atoms with Gasteiger partial charge in [0.05, 0.1) is 23.2 Å². The maximum absolute atomic E-state index is 13.5. The molecule has 10 heteroatoms. The quantitative estimate of drug-likeness (QED) is 0.339. The number of aliphatic hydroxyl groups excluding tert-OH is 3. The molecule has 3 aliphatic carbocycles. The first-order chi connectivity index (χ1) is 16.2. The molecule has 1 fully saturated rings. The molecule has 0 saturated heterocycles. The summed E-state index contributed by atoms with van der Waals surface area (Å²) in [5.74, 6) is -10.5. The first-order valence-corrected chi connectivity index (χ1v) is 11.3. The van der Waals surface area contributed by atoms with Crippen LogP contribution in [0, 0.1) is 11.8 Å². The number of phenolic OH excluding ortho intramolecular Hbond substituents is 1. The SMILES string of the molecule is CCCC(C)(C)c1ccc2c(c1O)C(O)=C1C(=O)[C@]3(O)C(O)=C(C(N)=O)C(=O)C[C@@H]3[C@@H](O)[C@@H]1C2=O. The highest BCUT2D eigenvalue weighted by Gasteiger charge is 2.65. The number of hydrogen-bond donors (Lipinski definition) is 6. The molecule has 4 atom stereocenters. The number of phenols is 1. The Morgan fingerprint density at radius 3 is 2.37 bits per heavy atom. The van der Waals surface area contributed by atoms with E-state index in [-0.39, 0.29) is 11.1 Å². The summed E-state index contributed by atoms with van der Waals surface area (Å²) in [6.07, 6.45) is -1.18. The number of nitrogens with two attached hydrogens (primary N) is 1. The van der Waals surface area contributed by atoms with Crippen molar-refractivity contribution >= 4 is 29.0 Å². The van der Waals surface area contributed by atoms with Gasteiger partial charge in [-0.05, 0) is 11.8 Å². The summed E-state index contributed by atoms with van der Waals surface area (Å²) in [7, 11) is 0. The largest absolute Gasteiger partial charge is 0.508 e. The van der Waals surface area contributed by atoms with Gasteiger partial charge in [-0.25, -0.2) is 0 Å². The van der Waals surface area contributed by atoms with Crippen LogP contribution in [0.1, 0.15) is 61.5 Å². The molecule has 0 spiro atoms. The van der Waals surface area contributed by atoms with Gasteiger partial charge in [0.1, 0.15) is 22.8 Å². The maximum atomic E-state index is 13.5. The number of aliphatic hydroxyl groups is 4. The van der Waals surface area contributed by atoms with E-state index in [1.807, 2.05) is 20.8 Å². The molecule has 10 nitrogen and oxygen atoms in total. The van der Waals surface area contributed by atoms with E-state index < -0.39 is 87.0 Å². The standard InChI is InChI=1S/C25H27NO9/c1-4-7-24(2,3)10-6-5-9-13(18(10)29)20(31)16-15(17(9)28)19(30)11-8-12(27)14(23(26)34)21(32)25(11,35)22(16)33/h5-6,11,15,19,29-32,35H,4,7-8H2,1-3H3,(H2,26,34)/t11-,15+,19-,25-/m1/s1. The van der Waals surface area contributed by atoms with E-state index in [0.717, 1.165) is 6.42 Å². The van der Waals surface area contributed by atoms with Crippen molar-refractivity contribution in [2.45, 2.75) is 57.2 Å². The molecule has 1 saturated carbocycles. The molecule has 0 heterocycles. The number of rotatable bonds is 4. The first kappa shape index (κ1) is 24.6. The van der Waals surface area contributed by atoms with E-state index in [1.165, 1.54) is 6.07 Å². The fourth-order valence-corrected chi connectivity index (χ4v) is 5.78. The van der Waals surface area contributed by atoms with Crippen LogP contribution in [0.5, 0.6) is 5.75 Å². The van der Waals surface area contributed by atoms with E-state index in [0.29, 0.717) is 12.0 Å². The molecular weight excluding hydrogens is 458 g/mol. The molecule has 4 rings (SSSR count). The second-order valence-corrected chi connectivity index (χ2v) is 10.0. The third-order valence-electron chi connectivity index (χ3n) is 7.54. The Labute approximate surface area is 200 Å². The Kier molecular flexibility index (Phi) is 5.46. The summed E-state index contributed by atoms with van der Waals surface area (Å²) in [5.41, 5.74) is -0.151. The zero-order valence-electron chi connectivity index (χ0n) is 19.5. The van der Waals surface area contributed by atoms with Crippen LogP contribution in [0.3, 0.4) is 0 Å². The molecular formula is C25H27NO9. The van der Waals surface area contributed by atoms with Crippen LogP contribution in [0.4, 0.5) is 0 Å². The number of fused-ring (bicyclic) bond motifs is 3. The molecule has 1 amide bonds. The topological polar surface area (TPSA) is 195 Å². The lowest BCUT2D eigenvalue weighted by Crippen LogP contribution is -2.64. The minimum absolute atomic E-state index is 0.137. The van der Waals surface area contributed by atoms with Crippen molar-refractivity contribution in [2.24, 2.45) is 17.6 Å². The van der Waals surface area contributed by atoms with Crippen molar-refractivity contribution in [1.29, 1.82) is 0 Å². The Balaban J connectivity index is 2.00. The van der Waals surface area contributed by atoms with Crippen LogP contribution >= 0.6 is 0 Å². The number of Topliss-reactive ketones (excluding diaryl/α,β-unsaturated/α-hetero) is 3. The smallest absolute Gasteiger partial charge is 0.255 e. The monoisotopic (exact) mass is 485 g/mol. The number of aromatic hydroxyl groups is 1. The fraction of sp³-hybridized carbons (Fsp3) is 0.440. The first-order valence-electron chi connectivity index (χ1n) is 11.3. The van der Waals surface area contributed by atoms with Gasteiger partial charge in [0.25, 0.3) is 5.91 Å². The van der Waals surface area contributed by atoms with Crippen molar-refractivity contribution in [1.82, 2.24) is 0 Å². The predicted octanol–water partition coefficient (Wildman–Crippen LogP) is 1.11. The highest BCUT2D eigenvalue weighted by atomic mass is 16.4. The van der Waals surface area contributed by atoms with E-state index in [4.69, 9.17) is 5.73 Å². The van der Waals surface area contributed by atoms with Gasteiger partial charge >= 0.3 is 0 Å². The van der Waals surface area contributed by atoms with Crippen LogP contribution in [0.25, 0.3) is 5.76 Å². The van der Waals surface area contributed by atoms with Crippen LogP contribution < -0.4 is 5.73 Å². The Bertz CT molecular complexity index is 1270. The zero-order valence-corrected chi connectivity index (χ0v) is 19.5. The average molecular weight is 485 g/mol. The van der Waals surface area contributed by atoms with Crippen molar-refractivity contribution in [3.8, 4) is 5.75 Å². The molecule has 3 aliphatic rings. The molecule has 0 bridgehead atoms. The van der Waals surface area contributed by atoms with Crippen LogP contribution in [-0.4, -0.2) is 60.5 Å². The highest BCUT2D eigenvalue weighted by molar-refractivity contribution is 6.25. The minimum atomic E-state index is -2.98.